The summed E-state index contributed by atoms with van der Waals surface area (Å²) >= 11 is 0. The molecular formula is C18H24N2O4. The third kappa shape index (κ3) is 4.84. The van der Waals surface area contributed by atoms with Crippen LogP contribution >= 0.6 is 0 Å². The molecule has 6 heteroatoms. The molecule has 0 spiro atoms. The Bertz CT molecular complexity index is 654. The molecule has 130 valence electrons. The van der Waals surface area contributed by atoms with Crippen molar-refractivity contribution in [3.05, 3.63) is 59.0 Å². The van der Waals surface area contributed by atoms with Gasteiger partial charge in [-0.2, -0.15) is 0 Å². The molecule has 1 unspecified atom stereocenters. The Labute approximate surface area is 141 Å². The normalized spacial score (nSPS) is 12.0. The first kappa shape index (κ1) is 18.0. The van der Waals surface area contributed by atoms with Gasteiger partial charge < -0.3 is 24.9 Å². The summed E-state index contributed by atoms with van der Waals surface area (Å²) in [6, 6.07) is 10.5. The van der Waals surface area contributed by atoms with Gasteiger partial charge in [-0.05, 0) is 23.3 Å². The van der Waals surface area contributed by atoms with Gasteiger partial charge in [0.25, 0.3) is 0 Å². The van der Waals surface area contributed by atoms with E-state index in [1.165, 1.54) is 0 Å². The zero-order valence-electron chi connectivity index (χ0n) is 14.0. The van der Waals surface area contributed by atoms with Crippen LogP contribution in [-0.2, 0) is 24.3 Å². The Hall–Kier alpha value is -2.31. The number of hydrogen-bond acceptors (Lipinski definition) is 4. The number of hydrogen-bond donors (Lipinski definition) is 3. The smallest absolute Gasteiger partial charge is 0.315 e. The molecule has 6 nitrogen and oxygen atoms in total. The average Bonchev–Trinajstić information content (AvgIpc) is 3.09. The quantitative estimate of drug-likeness (QED) is 0.693. The predicted molar refractivity (Wildman–Crippen MR) is 90.4 cm³/mol. The van der Waals surface area contributed by atoms with Gasteiger partial charge in [0.2, 0.25) is 0 Å². The minimum Gasteiger partial charge on any atom is -0.464 e. The zero-order valence-corrected chi connectivity index (χ0v) is 14.0. The number of benzene rings is 1. The number of rotatable bonds is 8. The number of aryl methyl sites for hydroxylation is 1. The van der Waals surface area contributed by atoms with Crippen LogP contribution in [0.2, 0.25) is 0 Å². The first-order valence-electron chi connectivity index (χ1n) is 7.97. The van der Waals surface area contributed by atoms with Crippen molar-refractivity contribution in [1.82, 2.24) is 10.6 Å². The summed E-state index contributed by atoms with van der Waals surface area (Å²) < 4.78 is 10.9. The van der Waals surface area contributed by atoms with E-state index in [9.17, 15) is 9.90 Å². The fourth-order valence-corrected chi connectivity index (χ4v) is 2.40. The summed E-state index contributed by atoms with van der Waals surface area (Å²) in [7, 11) is 1.58. The van der Waals surface area contributed by atoms with E-state index < -0.39 is 0 Å². The zero-order chi connectivity index (χ0) is 17.4. The van der Waals surface area contributed by atoms with Crippen molar-refractivity contribution in [3.8, 4) is 0 Å². The lowest BCUT2D eigenvalue weighted by atomic mass is 10.1. The highest BCUT2D eigenvalue weighted by molar-refractivity contribution is 5.74. The first-order valence-corrected chi connectivity index (χ1v) is 7.97. The van der Waals surface area contributed by atoms with Crippen molar-refractivity contribution >= 4 is 6.03 Å². The molecule has 1 aromatic carbocycles. The van der Waals surface area contributed by atoms with Gasteiger partial charge >= 0.3 is 6.03 Å². The average molecular weight is 332 g/mol. The van der Waals surface area contributed by atoms with E-state index >= 15 is 0 Å². The summed E-state index contributed by atoms with van der Waals surface area (Å²) in [5, 5.41) is 15.0. The Morgan fingerprint density at radius 1 is 1.25 bits per heavy atom. The molecule has 0 radical (unpaired) electrons. The molecule has 0 saturated heterocycles. The molecule has 1 aromatic heterocycles. The summed E-state index contributed by atoms with van der Waals surface area (Å²) in [5.74, 6) is 1.53. The molecule has 0 saturated carbocycles. The molecule has 0 aliphatic heterocycles. The van der Waals surface area contributed by atoms with Crippen LogP contribution in [0.4, 0.5) is 4.79 Å². The number of aliphatic hydroxyl groups excluding tert-OH is 1. The number of amides is 2. The minimum atomic E-state index is -0.358. The fourth-order valence-electron chi connectivity index (χ4n) is 2.40. The number of urea groups is 1. The van der Waals surface area contributed by atoms with Crippen molar-refractivity contribution in [2.45, 2.75) is 32.5 Å². The standard InChI is InChI=1S/C18H24N2O4/c1-3-15-8-9-17(24-15)16(12-23-2)20-18(22)19-10-13-6-4-5-7-14(13)11-21/h4-9,16,21H,3,10-12H2,1-2H3,(H2,19,20,22). The van der Waals surface area contributed by atoms with Gasteiger partial charge in [0.05, 0.1) is 13.2 Å². The van der Waals surface area contributed by atoms with Gasteiger partial charge in [-0.1, -0.05) is 31.2 Å². The lowest BCUT2D eigenvalue weighted by molar-refractivity contribution is 0.156. The van der Waals surface area contributed by atoms with Gasteiger partial charge in [0.15, 0.2) is 0 Å². The molecule has 2 amide bonds. The number of methoxy groups -OCH3 is 1. The van der Waals surface area contributed by atoms with Crippen molar-refractivity contribution in [2.24, 2.45) is 0 Å². The van der Waals surface area contributed by atoms with E-state index in [1.54, 1.807) is 7.11 Å². The van der Waals surface area contributed by atoms with Crippen LogP contribution < -0.4 is 10.6 Å². The molecule has 24 heavy (non-hydrogen) atoms. The van der Waals surface area contributed by atoms with Crippen LogP contribution in [0, 0.1) is 0 Å². The van der Waals surface area contributed by atoms with E-state index in [1.807, 2.05) is 43.3 Å². The Morgan fingerprint density at radius 3 is 2.62 bits per heavy atom. The SMILES string of the molecule is CCc1ccc(C(COC)NC(=O)NCc2ccccc2CO)o1. The summed E-state index contributed by atoms with van der Waals surface area (Å²) in [6.07, 6.45) is 0.795. The third-order valence-electron chi connectivity index (χ3n) is 3.74. The number of nitrogens with one attached hydrogen (secondary N) is 2. The molecule has 3 N–H and O–H groups in total. The first-order chi connectivity index (χ1) is 11.7. The van der Waals surface area contributed by atoms with E-state index in [0.717, 1.165) is 23.3 Å². The Morgan fingerprint density at radius 2 is 2.00 bits per heavy atom. The second-order valence-corrected chi connectivity index (χ2v) is 5.42. The second kappa shape index (κ2) is 9.10. The molecule has 1 heterocycles. The highest BCUT2D eigenvalue weighted by Gasteiger charge is 2.18. The topological polar surface area (TPSA) is 83.7 Å². The van der Waals surface area contributed by atoms with E-state index in [4.69, 9.17) is 9.15 Å². The maximum Gasteiger partial charge on any atom is 0.315 e. The van der Waals surface area contributed by atoms with Crippen LogP contribution in [0.15, 0.2) is 40.8 Å². The van der Waals surface area contributed by atoms with Crippen molar-refractivity contribution in [2.75, 3.05) is 13.7 Å². The van der Waals surface area contributed by atoms with Crippen LogP contribution in [-0.4, -0.2) is 24.9 Å². The lowest BCUT2D eigenvalue weighted by Gasteiger charge is -2.17. The highest BCUT2D eigenvalue weighted by atomic mass is 16.5. The van der Waals surface area contributed by atoms with Gasteiger partial charge in [-0.3, -0.25) is 0 Å². The summed E-state index contributed by atoms with van der Waals surface area (Å²) in [4.78, 5) is 12.2. The van der Waals surface area contributed by atoms with Crippen LogP contribution in [0.1, 0.15) is 35.6 Å². The number of ether oxygens (including phenoxy) is 1. The van der Waals surface area contributed by atoms with Crippen LogP contribution in [0.3, 0.4) is 0 Å². The highest BCUT2D eigenvalue weighted by Crippen LogP contribution is 2.17. The monoisotopic (exact) mass is 332 g/mol. The molecule has 0 fully saturated rings. The largest absolute Gasteiger partial charge is 0.464 e. The van der Waals surface area contributed by atoms with E-state index in [0.29, 0.717) is 18.9 Å². The maximum absolute atomic E-state index is 12.2. The van der Waals surface area contributed by atoms with Crippen LogP contribution in [0.25, 0.3) is 0 Å². The molecule has 0 aliphatic rings. The van der Waals surface area contributed by atoms with Crippen molar-refractivity contribution in [1.29, 1.82) is 0 Å². The van der Waals surface area contributed by atoms with E-state index in [2.05, 4.69) is 10.6 Å². The number of carbonyl (C=O) groups excluding carboxylic acids is 1. The minimum absolute atomic E-state index is 0.0576. The third-order valence-corrected chi connectivity index (χ3v) is 3.74. The number of aliphatic hydroxyl groups is 1. The Kier molecular flexibility index (Phi) is 6.84. The number of carbonyl (C=O) groups is 1. The van der Waals surface area contributed by atoms with Crippen molar-refractivity contribution in [3.63, 3.8) is 0 Å². The number of furan rings is 1. The molecule has 2 rings (SSSR count). The van der Waals surface area contributed by atoms with Crippen LogP contribution in [0.5, 0.6) is 0 Å². The van der Waals surface area contributed by atoms with Crippen molar-refractivity contribution < 1.29 is 19.1 Å². The lowest BCUT2D eigenvalue weighted by Crippen LogP contribution is -2.39. The molecule has 2 aromatic rings. The summed E-state index contributed by atoms with van der Waals surface area (Å²) in [6.45, 7) is 2.60. The second-order valence-electron chi connectivity index (χ2n) is 5.42. The van der Waals surface area contributed by atoms with E-state index in [-0.39, 0.29) is 18.7 Å². The molecule has 0 bridgehead atoms. The van der Waals surface area contributed by atoms with Gasteiger partial charge in [-0.25, -0.2) is 4.79 Å². The summed E-state index contributed by atoms with van der Waals surface area (Å²) in [5.41, 5.74) is 1.68. The van der Waals surface area contributed by atoms with Gasteiger partial charge in [0.1, 0.15) is 17.6 Å². The molecule has 1 atom stereocenters. The Balaban J connectivity index is 1.95. The predicted octanol–water partition coefficient (Wildman–Crippen LogP) is 2.52. The molecule has 0 aliphatic carbocycles. The fraction of sp³-hybridized carbons (Fsp3) is 0.389. The van der Waals surface area contributed by atoms with Gasteiger partial charge in [-0.15, -0.1) is 0 Å². The van der Waals surface area contributed by atoms with Gasteiger partial charge in [0, 0.05) is 20.1 Å². The maximum atomic E-state index is 12.2. The molecular weight excluding hydrogens is 308 g/mol.